The quantitative estimate of drug-likeness (QED) is 0.728. The third-order valence-electron chi connectivity index (χ3n) is 5.32. The molecular weight excluding hydrogens is 360 g/mol. The van der Waals surface area contributed by atoms with Crippen LogP contribution < -0.4 is 4.90 Å². The first-order valence-electron chi connectivity index (χ1n) is 9.66. The number of aldehydes is 1. The summed E-state index contributed by atoms with van der Waals surface area (Å²) in [6, 6.07) is 18.7. The van der Waals surface area contributed by atoms with Gasteiger partial charge in [0.1, 0.15) is 12.3 Å². The van der Waals surface area contributed by atoms with Crippen molar-refractivity contribution in [1.82, 2.24) is 0 Å². The van der Waals surface area contributed by atoms with Crippen molar-refractivity contribution in [2.75, 3.05) is 4.90 Å². The predicted molar refractivity (Wildman–Crippen MR) is 113 cm³/mol. The largest absolute Gasteiger partial charge is 0.333 e. The van der Waals surface area contributed by atoms with Crippen LogP contribution in [0.4, 0.5) is 5.69 Å². The van der Waals surface area contributed by atoms with E-state index in [0.29, 0.717) is 12.0 Å². The summed E-state index contributed by atoms with van der Waals surface area (Å²) in [5, 5.41) is 9.59. The molecule has 4 nitrogen and oxygen atoms in total. The van der Waals surface area contributed by atoms with Crippen molar-refractivity contribution in [3.8, 4) is 6.07 Å². The standard InChI is InChI=1S/C25H20N2O2/c26-15-19-7-4-5-12-23(19)24-14-20(18-8-6-11-22(29)13-18)16-27(25(24)17-28)21-9-2-1-3-10-21/h1-5,7,9-10,12-14,16-17,25H,6,8,11H2. The lowest BCUT2D eigenvalue weighted by atomic mass is 9.85. The summed E-state index contributed by atoms with van der Waals surface area (Å²) in [6.07, 6.45) is 8.73. The summed E-state index contributed by atoms with van der Waals surface area (Å²) in [7, 11) is 0. The molecule has 0 saturated heterocycles. The van der Waals surface area contributed by atoms with E-state index in [9.17, 15) is 14.9 Å². The van der Waals surface area contributed by atoms with Crippen LogP contribution in [0.15, 0.2) is 84.1 Å². The lowest BCUT2D eigenvalue weighted by Gasteiger charge is -2.34. The second-order valence-electron chi connectivity index (χ2n) is 7.15. The van der Waals surface area contributed by atoms with E-state index in [1.165, 1.54) is 0 Å². The van der Waals surface area contributed by atoms with E-state index in [0.717, 1.165) is 47.1 Å². The van der Waals surface area contributed by atoms with Crippen LogP contribution in [0.25, 0.3) is 5.57 Å². The van der Waals surface area contributed by atoms with Gasteiger partial charge in [0.25, 0.3) is 0 Å². The van der Waals surface area contributed by atoms with Gasteiger partial charge in [-0.15, -0.1) is 0 Å². The summed E-state index contributed by atoms with van der Waals surface area (Å²) in [5.41, 5.74) is 4.78. The molecule has 4 rings (SSSR count). The molecule has 0 spiro atoms. The maximum absolute atomic E-state index is 12.2. The van der Waals surface area contributed by atoms with Gasteiger partial charge in [0.15, 0.2) is 5.78 Å². The maximum Gasteiger partial charge on any atom is 0.155 e. The van der Waals surface area contributed by atoms with Crippen molar-refractivity contribution in [3.05, 3.63) is 95.2 Å². The van der Waals surface area contributed by atoms with Crippen LogP contribution in [0, 0.1) is 11.3 Å². The van der Waals surface area contributed by atoms with Crippen LogP contribution in [0.1, 0.15) is 30.4 Å². The van der Waals surface area contributed by atoms with E-state index in [4.69, 9.17) is 0 Å². The van der Waals surface area contributed by atoms with Crippen molar-refractivity contribution in [2.24, 2.45) is 0 Å². The minimum absolute atomic E-state index is 0.128. The molecule has 142 valence electrons. The number of anilines is 1. The zero-order valence-corrected chi connectivity index (χ0v) is 15.9. The summed E-state index contributed by atoms with van der Waals surface area (Å²) in [4.78, 5) is 26.1. The van der Waals surface area contributed by atoms with Crippen molar-refractivity contribution in [1.29, 1.82) is 5.26 Å². The third-order valence-corrected chi connectivity index (χ3v) is 5.32. The first-order valence-corrected chi connectivity index (χ1v) is 9.66. The van der Waals surface area contributed by atoms with Crippen LogP contribution in [-0.2, 0) is 9.59 Å². The Morgan fingerprint density at radius 3 is 2.48 bits per heavy atom. The van der Waals surface area contributed by atoms with Crippen LogP contribution in [-0.4, -0.2) is 18.1 Å². The Labute approximate surface area is 170 Å². The van der Waals surface area contributed by atoms with Crippen LogP contribution >= 0.6 is 0 Å². The first-order chi connectivity index (χ1) is 14.2. The number of carbonyl (C=O) groups is 2. The summed E-state index contributed by atoms with van der Waals surface area (Å²) >= 11 is 0. The number of hydrogen-bond acceptors (Lipinski definition) is 4. The monoisotopic (exact) mass is 380 g/mol. The number of para-hydroxylation sites is 1. The molecule has 2 aromatic rings. The van der Waals surface area contributed by atoms with Gasteiger partial charge in [-0.3, -0.25) is 4.79 Å². The van der Waals surface area contributed by atoms with E-state index in [-0.39, 0.29) is 5.78 Å². The molecule has 1 aliphatic carbocycles. The van der Waals surface area contributed by atoms with Crippen molar-refractivity contribution in [2.45, 2.75) is 25.3 Å². The highest BCUT2D eigenvalue weighted by molar-refractivity contribution is 5.96. The van der Waals surface area contributed by atoms with E-state index in [2.05, 4.69) is 6.07 Å². The van der Waals surface area contributed by atoms with E-state index < -0.39 is 6.04 Å². The van der Waals surface area contributed by atoms with E-state index in [1.54, 1.807) is 12.1 Å². The van der Waals surface area contributed by atoms with Gasteiger partial charge in [-0.05, 0) is 65.5 Å². The Kier molecular flexibility index (Phi) is 5.22. The normalized spacial score (nSPS) is 19.0. The van der Waals surface area contributed by atoms with Gasteiger partial charge in [-0.25, -0.2) is 0 Å². The van der Waals surface area contributed by atoms with Crippen molar-refractivity contribution < 1.29 is 9.59 Å². The number of benzene rings is 2. The number of ketones is 1. The van der Waals surface area contributed by atoms with Crippen LogP contribution in [0.5, 0.6) is 0 Å². The minimum atomic E-state index is -0.560. The molecule has 1 atom stereocenters. The predicted octanol–water partition coefficient (Wildman–Crippen LogP) is 4.59. The molecule has 0 bridgehead atoms. The van der Waals surface area contributed by atoms with Gasteiger partial charge < -0.3 is 9.69 Å². The highest BCUT2D eigenvalue weighted by Crippen LogP contribution is 2.36. The van der Waals surface area contributed by atoms with Crippen LogP contribution in [0.3, 0.4) is 0 Å². The topological polar surface area (TPSA) is 61.2 Å². The molecule has 0 saturated carbocycles. The van der Waals surface area contributed by atoms with Gasteiger partial charge in [0, 0.05) is 18.3 Å². The third kappa shape index (κ3) is 3.68. The highest BCUT2D eigenvalue weighted by atomic mass is 16.1. The van der Waals surface area contributed by atoms with Gasteiger partial charge >= 0.3 is 0 Å². The Bertz CT molecular complexity index is 1090. The molecule has 0 aromatic heterocycles. The molecule has 0 radical (unpaired) electrons. The lowest BCUT2D eigenvalue weighted by molar-refractivity contribution is -0.115. The minimum Gasteiger partial charge on any atom is -0.333 e. The number of nitriles is 1. The molecular formula is C25H20N2O2. The molecule has 1 aliphatic heterocycles. The smallest absolute Gasteiger partial charge is 0.155 e. The van der Waals surface area contributed by atoms with Crippen LogP contribution in [0.2, 0.25) is 0 Å². The summed E-state index contributed by atoms with van der Waals surface area (Å²) in [6.45, 7) is 0. The second-order valence-corrected chi connectivity index (χ2v) is 7.15. The zero-order valence-electron chi connectivity index (χ0n) is 15.9. The Balaban J connectivity index is 1.90. The average molecular weight is 380 g/mol. The van der Waals surface area contributed by atoms with Gasteiger partial charge in [-0.2, -0.15) is 5.26 Å². The van der Waals surface area contributed by atoms with Gasteiger partial charge in [0.2, 0.25) is 0 Å². The molecule has 0 fully saturated rings. The average Bonchev–Trinajstić information content (AvgIpc) is 2.78. The molecule has 29 heavy (non-hydrogen) atoms. The summed E-state index contributed by atoms with van der Waals surface area (Å²) in [5.74, 6) is 0.128. The second kappa shape index (κ2) is 8.12. The maximum atomic E-state index is 12.2. The molecule has 4 heteroatoms. The first kappa shape index (κ1) is 18.6. The van der Waals surface area contributed by atoms with Crippen molar-refractivity contribution >= 4 is 23.3 Å². The molecule has 1 unspecified atom stereocenters. The number of rotatable bonds is 4. The number of carbonyl (C=O) groups excluding carboxylic acids is 2. The fraction of sp³-hybridized carbons (Fsp3) is 0.160. The number of nitrogens with zero attached hydrogens (tertiary/aromatic N) is 2. The Morgan fingerprint density at radius 1 is 1.00 bits per heavy atom. The zero-order chi connectivity index (χ0) is 20.2. The lowest BCUT2D eigenvalue weighted by Crippen LogP contribution is -2.36. The molecule has 2 aliphatic rings. The molecule has 1 heterocycles. The Morgan fingerprint density at radius 2 is 1.76 bits per heavy atom. The highest BCUT2D eigenvalue weighted by Gasteiger charge is 2.29. The van der Waals surface area contributed by atoms with E-state index >= 15 is 0 Å². The Hall–Kier alpha value is -3.71. The fourth-order valence-corrected chi connectivity index (χ4v) is 3.91. The van der Waals surface area contributed by atoms with Crippen molar-refractivity contribution in [3.63, 3.8) is 0 Å². The van der Waals surface area contributed by atoms with E-state index in [1.807, 2.05) is 65.7 Å². The molecule has 2 aromatic carbocycles. The van der Waals surface area contributed by atoms with Gasteiger partial charge in [-0.1, -0.05) is 36.4 Å². The molecule has 0 amide bonds. The van der Waals surface area contributed by atoms with Gasteiger partial charge in [0.05, 0.1) is 11.6 Å². The summed E-state index contributed by atoms with van der Waals surface area (Å²) < 4.78 is 0. The number of allylic oxidation sites excluding steroid dienone is 4. The number of hydrogen-bond donors (Lipinski definition) is 0. The SMILES string of the molecule is N#Cc1ccccc1C1=CC(C2=CC(=O)CCC2)=CN(c2ccccc2)C1C=O. The fourth-order valence-electron chi connectivity index (χ4n) is 3.91. The molecule has 0 N–H and O–H groups in total.